The maximum Gasteiger partial charge on any atom is 0.270 e. The van der Waals surface area contributed by atoms with Crippen LogP contribution in [0.4, 0.5) is 4.39 Å². The highest BCUT2D eigenvalue weighted by Gasteiger charge is 2.14. The standard InChI is InChI=1S/C27H30FN7O3/c1-32-12-14-33(15-13-32)11-9-30-27(37)23-19-22(6-8-29-23)38-17-16-35-26(36)5-4-25(31-35)34-10-7-20-2-3-21(28)18-24(20)34/h2-8,10,18-19H,9,11-17H2,1H3,(H,30,37). The number of pyridine rings is 1. The predicted octanol–water partition coefficient (Wildman–Crippen LogP) is 1.78. The first-order valence-electron chi connectivity index (χ1n) is 12.6. The van der Waals surface area contributed by atoms with E-state index in [1.807, 2.05) is 6.07 Å². The topological polar surface area (TPSA) is 97.5 Å². The third-order valence-corrected chi connectivity index (χ3v) is 6.60. The Hall–Kier alpha value is -4.09. The number of piperazine rings is 1. The van der Waals surface area contributed by atoms with Crippen LogP contribution >= 0.6 is 0 Å². The van der Waals surface area contributed by atoms with Gasteiger partial charge < -0.3 is 15.0 Å². The minimum Gasteiger partial charge on any atom is -0.492 e. The van der Waals surface area contributed by atoms with E-state index in [1.165, 1.54) is 29.1 Å². The Morgan fingerprint density at radius 3 is 2.74 bits per heavy atom. The number of nitrogens with zero attached hydrogens (tertiary/aromatic N) is 6. The number of halogens is 1. The zero-order chi connectivity index (χ0) is 26.5. The van der Waals surface area contributed by atoms with E-state index < -0.39 is 0 Å². The summed E-state index contributed by atoms with van der Waals surface area (Å²) in [5.74, 6) is 0.357. The molecular weight excluding hydrogens is 489 g/mol. The van der Waals surface area contributed by atoms with E-state index in [-0.39, 0.29) is 36.1 Å². The molecule has 1 aliphatic rings. The number of nitrogens with one attached hydrogen (secondary N) is 1. The van der Waals surface area contributed by atoms with E-state index in [9.17, 15) is 14.0 Å². The molecule has 0 saturated carbocycles. The molecule has 10 nitrogen and oxygen atoms in total. The Labute approximate surface area is 219 Å². The molecule has 1 aromatic carbocycles. The van der Waals surface area contributed by atoms with Crippen LogP contribution in [0.1, 0.15) is 10.5 Å². The Kier molecular flexibility index (Phi) is 7.75. The van der Waals surface area contributed by atoms with Crippen LogP contribution in [-0.2, 0) is 6.54 Å². The fraction of sp³-hybridized carbons (Fsp3) is 0.333. The molecule has 0 atom stereocenters. The number of likely N-dealkylation sites (N-methyl/N-ethyl adjacent to an activating group) is 1. The minimum atomic E-state index is -0.348. The second kappa shape index (κ2) is 11.5. The van der Waals surface area contributed by atoms with E-state index in [0.29, 0.717) is 23.6 Å². The third-order valence-electron chi connectivity index (χ3n) is 6.60. The first kappa shape index (κ1) is 25.6. The van der Waals surface area contributed by atoms with Gasteiger partial charge in [-0.2, -0.15) is 5.10 Å². The maximum atomic E-state index is 13.8. The average Bonchev–Trinajstić information content (AvgIpc) is 3.34. The largest absolute Gasteiger partial charge is 0.492 e. The van der Waals surface area contributed by atoms with Gasteiger partial charge in [0.25, 0.3) is 11.5 Å². The second-order valence-electron chi connectivity index (χ2n) is 9.27. The van der Waals surface area contributed by atoms with Crippen molar-refractivity contribution in [1.29, 1.82) is 0 Å². The van der Waals surface area contributed by atoms with Gasteiger partial charge in [0.2, 0.25) is 0 Å². The summed E-state index contributed by atoms with van der Waals surface area (Å²) in [5, 5.41) is 8.21. The Bertz CT molecular complexity index is 1480. The number of carbonyl (C=O) groups is 1. The van der Waals surface area contributed by atoms with Crippen molar-refractivity contribution in [3.8, 4) is 11.6 Å². The molecule has 0 unspecified atom stereocenters. The van der Waals surface area contributed by atoms with Crippen molar-refractivity contribution < 1.29 is 13.9 Å². The van der Waals surface area contributed by atoms with Crippen LogP contribution in [0.15, 0.2) is 65.7 Å². The summed E-state index contributed by atoms with van der Waals surface area (Å²) in [7, 11) is 2.11. The van der Waals surface area contributed by atoms with E-state index in [2.05, 4.69) is 32.2 Å². The molecule has 0 radical (unpaired) electrons. The lowest BCUT2D eigenvalue weighted by Gasteiger charge is -2.32. The molecule has 11 heteroatoms. The van der Waals surface area contributed by atoms with Crippen molar-refractivity contribution in [1.82, 2.24) is 34.4 Å². The highest BCUT2D eigenvalue weighted by atomic mass is 19.1. The Balaban J connectivity index is 1.17. The number of amides is 1. The fourth-order valence-corrected chi connectivity index (χ4v) is 4.39. The second-order valence-corrected chi connectivity index (χ2v) is 9.27. The van der Waals surface area contributed by atoms with Crippen molar-refractivity contribution in [2.24, 2.45) is 0 Å². The highest BCUT2D eigenvalue weighted by molar-refractivity contribution is 5.92. The normalized spacial score (nSPS) is 14.6. The van der Waals surface area contributed by atoms with Gasteiger partial charge >= 0.3 is 0 Å². The molecule has 1 saturated heterocycles. The van der Waals surface area contributed by atoms with E-state index >= 15 is 0 Å². The molecule has 1 aliphatic heterocycles. The van der Waals surface area contributed by atoms with Crippen molar-refractivity contribution in [2.75, 3.05) is 52.9 Å². The number of hydrogen-bond acceptors (Lipinski definition) is 7. The Morgan fingerprint density at radius 1 is 1.05 bits per heavy atom. The van der Waals surface area contributed by atoms with Crippen LogP contribution in [0.2, 0.25) is 0 Å². The van der Waals surface area contributed by atoms with Crippen LogP contribution in [0, 0.1) is 5.82 Å². The predicted molar refractivity (Wildman–Crippen MR) is 141 cm³/mol. The van der Waals surface area contributed by atoms with Crippen LogP contribution in [0.3, 0.4) is 0 Å². The van der Waals surface area contributed by atoms with E-state index in [4.69, 9.17) is 4.74 Å². The van der Waals surface area contributed by atoms with Gasteiger partial charge in [0.05, 0.1) is 12.1 Å². The smallest absolute Gasteiger partial charge is 0.270 e. The number of hydrogen-bond donors (Lipinski definition) is 1. The monoisotopic (exact) mass is 519 g/mol. The fourth-order valence-electron chi connectivity index (χ4n) is 4.39. The van der Waals surface area contributed by atoms with Gasteiger partial charge in [-0.25, -0.2) is 9.07 Å². The van der Waals surface area contributed by atoms with Gasteiger partial charge in [0, 0.05) is 69.2 Å². The zero-order valence-electron chi connectivity index (χ0n) is 21.2. The quantitative estimate of drug-likeness (QED) is 0.360. The van der Waals surface area contributed by atoms with Crippen molar-refractivity contribution in [3.05, 3.63) is 82.8 Å². The summed E-state index contributed by atoms with van der Waals surface area (Å²) in [6.07, 6.45) is 3.30. The van der Waals surface area contributed by atoms with Crippen LogP contribution in [-0.4, -0.2) is 88.0 Å². The first-order valence-corrected chi connectivity index (χ1v) is 12.6. The molecular formula is C27H30FN7O3. The molecule has 0 bridgehead atoms. The van der Waals surface area contributed by atoms with Crippen molar-refractivity contribution >= 4 is 16.8 Å². The SMILES string of the molecule is CN1CCN(CCNC(=O)c2cc(OCCn3nc(-n4ccc5ccc(F)cc54)ccc3=O)ccn2)CC1. The molecule has 4 heterocycles. The lowest BCUT2D eigenvalue weighted by molar-refractivity contribution is 0.0935. The lowest BCUT2D eigenvalue weighted by atomic mass is 10.2. The van der Waals surface area contributed by atoms with Crippen molar-refractivity contribution in [3.63, 3.8) is 0 Å². The summed E-state index contributed by atoms with van der Waals surface area (Å²) in [4.78, 5) is 33.7. The summed E-state index contributed by atoms with van der Waals surface area (Å²) in [5.41, 5.74) is 0.644. The molecule has 198 valence electrons. The molecule has 5 rings (SSSR count). The average molecular weight is 520 g/mol. The van der Waals surface area contributed by atoms with E-state index in [0.717, 1.165) is 38.1 Å². The summed E-state index contributed by atoms with van der Waals surface area (Å²) in [6, 6.07) is 12.7. The maximum absolute atomic E-state index is 13.8. The number of fused-ring (bicyclic) bond motifs is 1. The van der Waals surface area contributed by atoms with Gasteiger partial charge in [-0.1, -0.05) is 0 Å². The number of rotatable bonds is 9. The molecule has 0 aliphatic carbocycles. The molecule has 0 spiro atoms. The van der Waals surface area contributed by atoms with Crippen LogP contribution in [0.25, 0.3) is 16.7 Å². The van der Waals surface area contributed by atoms with Crippen LogP contribution in [0.5, 0.6) is 5.75 Å². The molecule has 4 aromatic rings. The van der Waals surface area contributed by atoms with Gasteiger partial charge in [0.1, 0.15) is 23.9 Å². The lowest BCUT2D eigenvalue weighted by Crippen LogP contribution is -2.46. The first-order chi connectivity index (χ1) is 18.5. The van der Waals surface area contributed by atoms with Gasteiger partial charge in [-0.15, -0.1) is 0 Å². The van der Waals surface area contributed by atoms with Crippen molar-refractivity contribution in [2.45, 2.75) is 6.54 Å². The molecule has 1 amide bonds. The molecule has 1 N–H and O–H groups in total. The molecule has 38 heavy (non-hydrogen) atoms. The highest BCUT2D eigenvalue weighted by Crippen LogP contribution is 2.20. The molecule has 3 aromatic heterocycles. The summed E-state index contributed by atoms with van der Waals surface area (Å²) >= 11 is 0. The zero-order valence-corrected chi connectivity index (χ0v) is 21.2. The molecule has 1 fully saturated rings. The van der Waals surface area contributed by atoms with Gasteiger partial charge in [-0.3, -0.25) is 24.0 Å². The summed E-state index contributed by atoms with van der Waals surface area (Å²) < 4.78 is 22.6. The number of aromatic nitrogens is 4. The Morgan fingerprint density at radius 2 is 1.89 bits per heavy atom. The van der Waals surface area contributed by atoms with E-state index in [1.54, 1.807) is 35.0 Å². The third kappa shape index (κ3) is 6.06. The number of benzene rings is 1. The van der Waals surface area contributed by atoms with Gasteiger partial charge in [-0.05, 0) is 43.4 Å². The number of carbonyl (C=O) groups excluding carboxylic acids is 1. The van der Waals surface area contributed by atoms with Gasteiger partial charge in [0.15, 0.2) is 5.82 Å². The number of ether oxygens (including phenoxy) is 1. The summed E-state index contributed by atoms with van der Waals surface area (Å²) in [6.45, 7) is 5.74. The minimum absolute atomic E-state index is 0.159. The van der Waals surface area contributed by atoms with Crippen LogP contribution < -0.4 is 15.6 Å².